The number of nitrogens with zero attached hydrogens (tertiary/aromatic N) is 3. The topological polar surface area (TPSA) is 50.3 Å². The third kappa shape index (κ3) is 2.25. The SMILES string of the molecule is c1cnc(N2CCC3(CNCCOC3)C2)nc1. The van der Waals surface area contributed by atoms with Crippen molar-refractivity contribution in [2.75, 3.05) is 44.3 Å². The highest BCUT2D eigenvalue weighted by Gasteiger charge is 2.39. The molecule has 0 bridgehead atoms. The van der Waals surface area contributed by atoms with E-state index in [9.17, 15) is 0 Å². The van der Waals surface area contributed by atoms with Crippen LogP contribution in [0.1, 0.15) is 6.42 Å². The number of nitrogens with one attached hydrogen (secondary N) is 1. The summed E-state index contributed by atoms with van der Waals surface area (Å²) in [4.78, 5) is 10.9. The second-order valence-corrected chi connectivity index (χ2v) is 4.95. The molecule has 0 aliphatic carbocycles. The second-order valence-electron chi connectivity index (χ2n) is 4.95. The number of hydrogen-bond acceptors (Lipinski definition) is 5. The minimum Gasteiger partial charge on any atom is -0.379 e. The van der Waals surface area contributed by atoms with Gasteiger partial charge < -0.3 is 15.0 Å². The molecule has 5 heteroatoms. The van der Waals surface area contributed by atoms with Crippen LogP contribution in [0, 0.1) is 5.41 Å². The van der Waals surface area contributed by atoms with E-state index >= 15 is 0 Å². The molecule has 1 atom stereocenters. The maximum Gasteiger partial charge on any atom is 0.225 e. The zero-order valence-corrected chi connectivity index (χ0v) is 9.93. The van der Waals surface area contributed by atoms with Crippen LogP contribution in [0.5, 0.6) is 0 Å². The Morgan fingerprint density at radius 2 is 2.24 bits per heavy atom. The van der Waals surface area contributed by atoms with Crippen LogP contribution in [0.3, 0.4) is 0 Å². The van der Waals surface area contributed by atoms with Crippen molar-refractivity contribution in [3.8, 4) is 0 Å². The Morgan fingerprint density at radius 1 is 1.35 bits per heavy atom. The molecule has 1 aromatic heterocycles. The van der Waals surface area contributed by atoms with Crippen LogP contribution in [0.2, 0.25) is 0 Å². The van der Waals surface area contributed by atoms with E-state index < -0.39 is 0 Å². The fraction of sp³-hybridized carbons (Fsp3) is 0.667. The Morgan fingerprint density at radius 3 is 3.12 bits per heavy atom. The molecule has 1 N–H and O–H groups in total. The minimum absolute atomic E-state index is 0.246. The van der Waals surface area contributed by atoms with Gasteiger partial charge in [0.15, 0.2) is 0 Å². The summed E-state index contributed by atoms with van der Waals surface area (Å²) in [6, 6.07) is 1.85. The number of ether oxygens (including phenoxy) is 1. The Labute approximate surface area is 101 Å². The lowest BCUT2D eigenvalue weighted by molar-refractivity contribution is 0.0811. The Bertz CT molecular complexity index is 362. The van der Waals surface area contributed by atoms with Gasteiger partial charge in [-0.15, -0.1) is 0 Å². The largest absolute Gasteiger partial charge is 0.379 e. The number of rotatable bonds is 1. The number of aromatic nitrogens is 2. The molecule has 2 aliphatic rings. The summed E-state index contributed by atoms with van der Waals surface area (Å²) in [6.45, 7) is 5.69. The zero-order chi connectivity index (χ0) is 11.6. The van der Waals surface area contributed by atoms with Crippen LogP contribution < -0.4 is 10.2 Å². The normalized spacial score (nSPS) is 29.5. The van der Waals surface area contributed by atoms with E-state index in [0.29, 0.717) is 0 Å². The first-order chi connectivity index (χ1) is 8.38. The van der Waals surface area contributed by atoms with Gasteiger partial charge in [0.25, 0.3) is 0 Å². The molecule has 2 saturated heterocycles. The standard InChI is InChI=1S/C12H18N4O/c1-3-14-11(15-4-1)16-6-2-12(9-16)8-13-5-7-17-10-12/h1,3-4,13H,2,5-10H2. The van der Waals surface area contributed by atoms with Gasteiger partial charge in [-0.3, -0.25) is 0 Å². The van der Waals surface area contributed by atoms with Gasteiger partial charge in [-0.2, -0.15) is 0 Å². The molecule has 1 unspecified atom stereocenters. The van der Waals surface area contributed by atoms with Crippen molar-refractivity contribution < 1.29 is 4.74 Å². The lowest BCUT2D eigenvalue weighted by Crippen LogP contribution is -2.38. The van der Waals surface area contributed by atoms with Crippen molar-refractivity contribution in [3.63, 3.8) is 0 Å². The second kappa shape index (κ2) is 4.58. The Hall–Kier alpha value is -1.20. The maximum absolute atomic E-state index is 5.69. The van der Waals surface area contributed by atoms with Crippen molar-refractivity contribution in [2.45, 2.75) is 6.42 Å². The zero-order valence-electron chi connectivity index (χ0n) is 9.93. The van der Waals surface area contributed by atoms with E-state index in [1.807, 2.05) is 6.07 Å². The van der Waals surface area contributed by atoms with Gasteiger partial charge in [0.05, 0.1) is 13.2 Å². The molecule has 1 spiro atoms. The molecule has 0 amide bonds. The van der Waals surface area contributed by atoms with Crippen molar-refractivity contribution in [2.24, 2.45) is 5.41 Å². The Kier molecular flexibility index (Phi) is 2.94. The van der Waals surface area contributed by atoms with Crippen molar-refractivity contribution in [1.82, 2.24) is 15.3 Å². The van der Waals surface area contributed by atoms with Gasteiger partial charge in [-0.25, -0.2) is 9.97 Å². The third-order valence-corrected chi connectivity index (χ3v) is 3.60. The molecule has 2 aliphatic heterocycles. The molecule has 5 nitrogen and oxygen atoms in total. The smallest absolute Gasteiger partial charge is 0.225 e. The molecule has 1 aromatic rings. The van der Waals surface area contributed by atoms with Crippen LogP contribution in [0.15, 0.2) is 18.5 Å². The lowest BCUT2D eigenvalue weighted by Gasteiger charge is -2.26. The molecule has 0 saturated carbocycles. The van der Waals surface area contributed by atoms with Gasteiger partial charge in [-0.05, 0) is 12.5 Å². The summed E-state index contributed by atoms with van der Waals surface area (Å²) in [6.07, 6.45) is 4.75. The summed E-state index contributed by atoms with van der Waals surface area (Å²) in [5.41, 5.74) is 0.246. The van der Waals surface area contributed by atoms with E-state index in [1.54, 1.807) is 12.4 Å². The summed E-state index contributed by atoms with van der Waals surface area (Å²) < 4.78 is 5.69. The molecule has 0 radical (unpaired) electrons. The first-order valence-corrected chi connectivity index (χ1v) is 6.19. The highest BCUT2D eigenvalue weighted by Crippen LogP contribution is 2.32. The molecule has 3 rings (SSSR count). The Balaban J connectivity index is 1.72. The van der Waals surface area contributed by atoms with E-state index in [-0.39, 0.29) is 5.41 Å². The van der Waals surface area contributed by atoms with Crippen molar-refractivity contribution >= 4 is 5.95 Å². The van der Waals surface area contributed by atoms with Crippen LogP contribution >= 0.6 is 0 Å². The number of hydrogen-bond donors (Lipinski definition) is 1. The van der Waals surface area contributed by atoms with Crippen LogP contribution in [0.25, 0.3) is 0 Å². The van der Waals surface area contributed by atoms with Gasteiger partial charge >= 0.3 is 0 Å². The van der Waals surface area contributed by atoms with E-state index in [0.717, 1.165) is 51.8 Å². The predicted molar refractivity (Wildman–Crippen MR) is 65.0 cm³/mol. The average molecular weight is 234 g/mol. The first-order valence-electron chi connectivity index (χ1n) is 6.19. The van der Waals surface area contributed by atoms with E-state index in [1.165, 1.54) is 0 Å². The van der Waals surface area contributed by atoms with Gasteiger partial charge in [0.2, 0.25) is 5.95 Å². The lowest BCUT2D eigenvalue weighted by atomic mass is 9.88. The predicted octanol–water partition coefficient (Wildman–Crippen LogP) is 0.293. The summed E-state index contributed by atoms with van der Waals surface area (Å²) >= 11 is 0. The highest BCUT2D eigenvalue weighted by molar-refractivity contribution is 5.31. The van der Waals surface area contributed by atoms with Crippen LogP contribution in [-0.4, -0.2) is 49.4 Å². The number of anilines is 1. The highest BCUT2D eigenvalue weighted by atomic mass is 16.5. The maximum atomic E-state index is 5.69. The molecule has 92 valence electrons. The molecule has 17 heavy (non-hydrogen) atoms. The molecule has 3 heterocycles. The van der Waals surface area contributed by atoms with Crippen LogP contribution in [-0.2, 0) is 4.74 Å². The minimum atomic E-state index is 0.246. The molecular formula is C12H18N4O. The summed E-state index contributed by atoms with van der Waals surface area (Å²) in [5.74, 6) is 0.841. The monoisotopic (exact) mass is 234 g/mol. The fourth-order valence-electron chi connectivity index (χ4n) is 2.66. The van der Waals surface area contributed by atoms with Crippen molar-refractivity contribution in [1.29, 1.82) is 0 Å². The fourth-order valence-corrected chi connectivity index (χ4v) is 2.66. The third-order valence-electron chi connectivity index (χ3n) is 3.60. The van der Waals surface area contributed by atoms with Crippen molar-refractivity contribution in [3.05, 3.63) is 18.5 Å². The molecular weight excluding hydrogens is 216 g/mol. The van der Waals surface area contributed by atoms with Gasteiger partial charge in [-0.1, -0.05) is 0 Å². The average Bonchev–Trinajstić information content (AvgIpc) is 2.65. The molecule has 0 aromatic carbocycles. The van der Waals surface area contributed by atoms with E-state index in [2.05, 4.69) is 20.2 Å². The first kappa shape index (κ1) is 10.9. The summed E-state index contributed by atoms with van der Waals surface area (Å²) in [5, 5.41) is 3.46. The van der Waals surface area contributed by atoms with Gasteiger partial charge in [0.1, 0.15) is 0 Å². The van der Waals surface area contributed by atoms with E-state index in [4.69, 9.17) is 4.74 Å². The summed E-state index contributed by atoms with van der Waals surface area (Å²) in [7, 11) is 0. The van der Waals surface area contributed by atoms with Crippen LogP contribution in [0.4, 0.5) is 5.95 Å². The quantitative estimate of drug-likeness (QED) is 0.757. The van der Waals surface area contributed by atoms with Gasteiger partial charge in [0, 0.05) is 44.0 Å². The molecule has 2 fully saturated rings.